The molecule has 3 aliphatic heterocycles. The van der Waals surface area contributed by atoms with Gasteiger partial charge in [-0.2, -0.15) is 0 Å². The first kappa shape index (κ1) is 21.9. The highest BCUT2D eigenvalue weighted by Gasteiger charge is 2.52. The van der Waals surface area contributed by atoms with Crippen molar-refractivity contribution in [2.24, 2.45) is 0 Å². The van der Waals surface area contributed by atoms with Gasteiger partial charge >= 0.3 is 6.03 Å². The minimum atomic E-state index is -1.34. The molecule has 3 aliphatic rings. The third-order valence-electron chi connectivity index (χ3n) is 6.22. The maximum absolute atomic E-state index is 13.4. The van der Waals surface area contributed by atoms with Crippen LogP contribution in [-0.4, -0.2) is 48.8 Å². The minimum absolute atomic E-state index is 0.163. The summed E-state index contributed by atoms with van der Waals surface area (Å²) in [4.78, 5) is 40.0. The lowest BCUT2D eigenvalue weighted by Gasteiger charge is -2.25. The number of hydrogen-bond acceptors (Lipinski definition) is 7. The summed E-state index contributed by atoms with van der Waals surface area (Å²) in [6, 6.07) is 8.87. The average molecular weight is 467 g/mol. The van der Waals surface area contributed by atoms with E-state index in [0.29, 0.717) is 41.8 Å². The van der Waals surface area contributed by atoms with E-state index in [4.69, 9.17) is 18.9 Å². The summed E-state index contributed by atoms with van der Waals surface area (Å²) in [6.07, 6.45) is 0.754. The largest absolute Gasteiger partial charge is 0.490 e. The quantitative estimate of drug-likeness (QED) is 0.647. The number of amides is 4. The number of fused-ring (bicyclic) bond motifs is 2. The highest BCUT2D eigenvalue weighted by atomic mass is 16.7. The summed E-state index contributed by atoms with van der Waals surface area (Å²) < 4.78 is 22.0. The van der Waals surface area contributed by atoms with Crippen LogP contribution in [0.15, 0.2) is 36.4 Å². The number of carbonyl (C=O) groups is 3. The van der Waals surface area contributed by atoms with Crippen molar-refractivity contribution in [2.45, 2.75) is 38.4 Å². The van der Waals surface area contributed by atoms with Gasteiger partial charge in [-0.3, -0.25) is 9.59 Å². The van der Waals surface area contributed by atoms with Crippen LogP contribution in [0.2, 0.25) is 0 Å². The highest BCUT2D eigenvalue weighted by Crippen LogP contribution is 2.37. The first-order valence-corrected chi connectivity index (χ1v) is 11.1. The van der Waals surface area contributed by atoms with Crippen LogP contribution in [0.4, 0.5) is 4.79 Å². The second kappa shape index (κ2) is 8.44. The summed E-state index contributed by atoms with van der Waals surface area (Å²) in [5.41, 5.74) is 0.0118. The van der Waals surface area contributed by atoms with Crippen LogP contribution in [0.1, 0.15) is 31.4 Å². The van der Waals surface area contributed by atoms with Crippen molar-refractivity contribution in [2.75, 3.05) is 20.0 Å². The molecule has 0 spiro atoms. The number of carbonyl (C=O) groups excluding carboxylic acids is 3. The Labute approximate surface area is 196 Å². The molecule has 2 aromatic rings. The van der Waals surface area contributed by atoms with Crippen molar-refractivity contribution in [3.8, 4) is 23.0 Å². The van der Waals surface area contributed by atoms with E-state index in [1.807, 2.05) is 6.07 Å². The van der Waals surface area contributed by atoms with E-state index >= 15 is 0 Å². The summed E-state index contributed by atoms with van der Waals surface area (Å²) in [5, 5.41) is 5.51. The highest BCUT2D eigenvalue weighted by molar-refractivity contribution is 6.10. The van der Waals surface area contributed by atoms with E-state index in [9.17, 15) is 14.4 Å². The topological polar surface area (TPSA) is 115 Å². The van der Waals surface area contributed by atoms with Crippen LogP contribution in [0.25, 0.3) is 0 Å². The van der Waals surface area contributed by atoms with Gasteiger partial charge in [-0.1, -0.05) is 12.1 Å². The molecule has 0 saturated carbocycles. The first-order valence-electron chi connectivity index (χ1n) is 11.1. The fraction of sp³-hybridized carbons (Fsp3) is 0.375. The molecule has 4 amide bonds. The third kappa shape index (κ3) is 3.74. The van der Waals surface area contributed by atoms with Crippen LogP contribution in [0.3, 0.4) is 0 Å². The summed E-state index contributed by atoms with van der Waals surface area (Å²) >= 11 is 0. The van der Waals surface area contributed by atoms with Crippen molar-refractivity contribution in [3.05, 3.63) is 47.5 Å². The van der Waals surface area contributed by atoms with Crippen molar-refractivity contribution in [1.29, 1.82) is 0 Å². The van der Waals surface area contributed by atoms with Crippen LogP contribution in [-0.2, 0) is 21.7 Å². The molecule has 1 saturated heterocycles. The Morgan fingerprint density at radius 3 is 2.53 bits per heavy atom. The Balaban J connectivity index is 1.29. The first-order chi connectivity index (χ1) is 16.4. The summed E-state index contributed by atoms with van der Waals surface area (Å²) in [7, 11) is 0. The Hall–Kier alpha value is -3.95. The Morgan fingerprint density at radius 1 is 1.03 bits per heavy atom. The van der Waals surface area contributed by atoms with Crippen LogP contribution in [0.5, 0.6) is 23.0 Å². The number of nitrogens with one attached hydrogen (secondary N) is 2. The predicted octanol–water partition coefficient (Wildman–Crippen LogP) is 2.05. The molecule has 0 aromatic heterocycles. The van der Waals surface area contributed by atoms with Gasteiger partial charge in [-0.15, -0.1) is 0 Å². The number of urea groups is 1. The molecule has 5 rings (SSSR count). The van der Waals surface area contributed by atoms with Gasteiger partial charge in [-0.05, 0) is 49.2 Å². The standard InChI is InChI=1S/C24H25N3O7/c1-14(21(28)25-12-15-4-6-18-19(10-15)34-13-33-18)27-22(29)24(2,26-23(27)30)16-5-7-17-20(11-16)32-9-3-8-31-17/h4-7,10-11,14H,3,8-9,12-13H2,1-2H3,(H,25,28)(H,26,30). The Morgan fingerprint density at radius 2 is 1.71 bits per heavy atom. The summed E-state index contributed by atoms with van der Waals surface area (Å²) in [5.74, 6) is 1.40. The number of nitrogens with zero attached hydrogens (tertiary/aromatic N) is 1. The molecular formula is C24H25N3O7. The van der Waals surface area contributed by atoms with Gasteiger partial charge < -0.3 is 29.6 Å². The molecule has 2 aromatic carbocycles. The minimum Gasteiger partial charge on any atom is -0.490 e. The van der Waals surface area contributed by atoms with Gasteiger partial charge in [0.15, 0.2) is 23.0 Å². The van der Waals surface area contributed by atoms with Crippen molar-refractivity contribution in [1.82, 2.24) is 15.5 Å². The second-order valence-electron chi connectivity index (χ2n) is 8.52. The smallest absolute Gasteiger partial charge is 0.326 e. The van der Waals surface area contributed by atoms with Crippen molar-refractivity contribution < 1.29 is 33.3 Å². The molecule has 1 fully saturated rings. The maximum Gasteiger partial charge on any atom is 0.326 e. The normalized spacial score (nSPS) is 21.6. The molecule has 2 N–H and O–H groups in total. The molecule has 0 bridgehead atoms. The van der Waals surface area contributed by atoms with Crippen LogP contribution < -0.4 is 29.6 Å². The van der Waals surface area contributed by atoms with Gasteiger partial charge in [0.1, 0.15) is 11.6 Å². The number of ether oxygens (including phenoxy) is 4. The molecule has 3 heterocycles. The van der Waals surface area contributed by atoms with Crippen molar-refractivity contribution >= 4 is 17.8 Å². The van der Waals surface area contributed by atoms with Gasteiger partial charge in [0.25, 0.3) is 5.91 Å². The third-order valence-corrected chi connectivity index (χ3v) is 6.22. The molecule has 2 atom stereocenters. The Kier molecular flexibility index (Phi) is 5.43. The molecule has 0 radical (unpaired) electrons. The number of imide groups is 1. The number of rotatable bonds is 5. The van der Waals surface area contributed by atoms with E-state index < -0.39 is 29.4 Å². The van der Waals surface area contributed by atoms with E-state index in [-0.39, 0.29) is 13.3 Å². The zero-order chi connectivity index (χ0) is 23.9. The lowest BCUT2D eigenvalue weighted by atomic mass is 9.91. The van der Waals surface area contributed by atoms with E-state index in [2.05, 4.69) is 10.6 Å². The molecule has 2 unspecified atom stereocenters. The van der Waals surface area contributed by atoms with Gasteiger partial charge in [0.05, 0.1) is 13.2 Å². The fourth-order valence-electron chi connectivity index (χ4n) is 4.19. The molecule has 10 nitrogen and oxygen atoms in total. The van der Waals surface area contributed by atoms with Gasteiger partial charge in [0.2, 0.25) is 12.7 Å². The number of benzene rings is 2. The summed E-state index contributed by atoms with van der Waals surface area (Å²) in [6.45, 7) is 4.56. The zero-order valence-electron chi connectivity index (χ0n) is 18.9. The lowest BCUT2D eigenvalue weighted by Crippen LogP contribution is -2.49. The molecule has 178 valence electrons. The molecule has 34 heavy (non-hydrogen) atoms. The van der Waals surface area contributed by atoms with E-state index in [0.717, 1.165) is 16.9 Å². The lowest BCUT2D eigenvalue weighted by molar-refractivity contribution is -0.137. The monoisotopic (exact) mass is 467 g/mol. The van der Waals surface area contributed by atoms with Crippen LogP contribution >= 0.6 is 0 Å². The second-order valence-corrected chi connectivity index (χ2v) is 8.52. The molecular weight excluding hydrogens is 442 g/mol. The van der Waals surface area contributed by atoms with Gasteiger partial charge in [0, 0.05) is 13.0 Å². The number of hydrogen-bond donors (Lipinski definition) is 2. The Bertz CT molecular complexity index is 1170. The van der Waals surface area contributed by atoms with E-state index in [1.54, 1.807) is 37.3 Å². The van der Waals surface area contributed by atoms with E-state index in [1.165, 1.54) is 6.92 Å². The predicted molar refractivity (Wildman–Crippen MR) is 119 cm³/mol. The molecule has 0 aliphatic carbocycles. The average Bonchev–Trinajstić information content (AvgIpc) is 3.29. The van der Waals surface area contributed by atoms with Crippen LogP contribution in [0, 0.1) is 0 Å². The maximum atomic E-state index is 13.4. The molecule has 10 heteroatoms. The fourth-order valence-corrected chi connectivity index (χ4v) is 4.19. The SMILES string of the molecule is CC(C(=O)NCc1ccc2c(c1)OCO2)N1C(=O)NC(C)(c2ccc3c(c2)OCCCO3)C1=O. The van der Waals surface area contributed by atoms with Crippen molar-refractivity contribution in [3.63, 3.8) is 0 Å². The van der Waals surface area contributed by atoms with Gasteiger partial charge in [-0.25, -0.2) is 9.69 Å². The zero-order valence-corrected chi connectivity index (χ0v) is 18.9.